The first kappa shape index (κ1) is 8.84. The van der Waals surface area contributed by atoms with Gasteiger partial charge in [0.15, 0.2) is 0 Å². The van der Waals surface area contributed by atoms with Gasteiger partial charge < -0.3 is 5.11 Å². The third-order valence-electron chi connectivity index (χ3n) is 2.33. The zero-order valence-electron chi connectivity index (χ0n) is 6.28. The normalized spacial score (nSPS) is 24.8. The molecule has 4 heteroatoms. The highest BCUT2D eigenvalue weighted by Crippen LogP contribution is 2.55. The quantitative estimate of drug-likeness (QED) is 0.669. The molecule has 1 fully saturated rings. The average Bonchev–Trinajstić information content (AvgIpc) is 2.43. The minimum absolute atomic E-state index is 0.504. The molecule has 0 saturated heterocycles. The highest BCUT2D eigenvalue weighted by atomic mass is 19.4. The maximum absolute atomic E-state index is 11.8. The van der Waals surface area contributed by atoms with Gasteiger partial charge >= 0.3 is 6.18 Å². The van der Waals surface area contributed by atoms with Crippen LogP contribution in [-0.4, -0.2) is 17.4 Å². The standard InChI is InChI=1S/C7H11F3O/c1-5(11)6(2-3-6)4-7(8,9)10/h5,11H,2-4H2,1H3. The Morgan fingerprint density at radius 1 is 1.45 bits per heavy atom. The summed E-state index contributed by atoms with van der Waals surface area (Å²) in [6.07, 6.45) is -4.79. The third-order valence-corrected chi connectivity index (χ3v) is 2.33. The number of alkyl halides is 3. The molecule has 0 aromatic rings. The first-order valence-corrected chi connectivity index (χ1v) is 3.61. The molecule has 0 aliphatic heterocycles. The van der Waals surface area contributed by atoms with Gasteiger partial charge in [0.2, 0.25) is 0 Å². The van der Waals surface area contributed by atoms with Crippen LogP contribution in [0.3, 0.4) is 0 Å². The van der Waals surface area contributed by atoms with Crippen LogP contribution in [0.2, 0.25) is 0 Å². The van der Waals surface area contributed by atoms with Gasteiger partial charge in [-0.2, -0.15) is 13.2 Å². The first-order chi connectivity index (χ1) is 4.86. The summed E-state index contributed by atoms with van der Waals surface area (Å²) in [5.74, 6) is 0. The van der Waals surface area contributed by atoms with Crippen molar-refractivity contribution in [3.8, 4) is 0 Å². The van der Waals surface area contributed by atoms with E-state index in [1.807, 2.05) is 0 Å². The van der Waals surface area contributed by atoms with Crippen molar-refractivity contribution in [2.24, 2.45) is 5.41 Å². The Bertz CT molecular complexity index is 146. The van der Waals surface area contributed by atoms with Gasteiger partial charge in [-0.25, -0.2) is 0 Å². The summed E-state index contributed by atoms with van der Waals surface area (Å²) >= 11 is 0. The van der Waals surface area contributed by atoms with Crippen LogP contribution in [-0.2, 0) is 0 Å². The monoisotopic (exact) mass is 168 g/mol. The predicted molar refractivity (Wildman–Crippen MR) is 34.0 cm³/mol. The van der Waals surface area contributed by atoms with Crippen LogP contribution in [0.15, 0.2) is 0 Å². The Balaban J connectivity index is 2.48. The molecule has 1 saturated carbocycles. The third kappa shape index (κ3) is 2.09. The zero-order chi connectivity index (χ0) is 8.70. The maximum atomic E-state index is 11.8. The lowest BCUT2D eigenvalue weighted by molar-refractivity contribution is -0.156. The summed E-state index contributed by atoms with van der Waals surface area (Å²) in [4.78, 5) is 0. The molecule has 0 spiro atoms. The van der Waals surface area contributed by atoms with Gasteiger partial charge in [0, 0.05) is 5.41 Å². The van der Waals surface area contributed by atoms with Crippen molar-refractivity contribution in [1.29, 1.82) is 0 Å². The van der Waals surface area contributed by atoms with Crippen LogP contribution in [0, 0.1) is 5.41 Å². The van der Waals surface area contributed by atoms with Crippen LogP contribution in [0.25, 0.3) is 0 Å². The molecule has 1 rings (SSSR count). The fraction of sp³-hybridized carbons (Fsp3) is 1.00. The minimum atomic E-state index is -4.13. The van der Waals surface area contributed by atoms with Crippen molar-refractivity contribution in [2.45, 2.75) is 38.5 Å². The van der Waals surface area contributed by atoms with E-state index >= 15 is 0 Å². The number of rotatable bonds is 2. The van der Waals surface area contributed by atoms with Crippen molar-refractivity contribution in [2.75, 3.05) is 0 Å². The molecule has 66 valence electrons. The Morgan fingerprint density at radius 2 is 1.91 bits per heavy atom. The van der Waals surface area contributed by atoms with E-state index in [4.69, 9.17) is 5.11 Å². The summed E-state index contributed by atoms with van der Waals surface area (Å²) in [5, 5.41) is 9.01. The van der Waals surface area contributed by atoms with Gasteiger partial charge in [0.25, 0.3) is 0 Å². The largest absolute Gasteiger partial charge is 0.393 e. The molecular weight excluding hydrogens is 157 g/mol. The van der Waals surface area contributed by atoms with Gasteiger partial charge in [-0.05, 0) is 19.8 Å². The van der Waals surface area contributed by atoms with Crippen LogP contribution in [0.1, 0.15) is 26.2 Å². The highest BCUT2D eigenvalue weighted by Gasteiger charge is 2.53. The van der Waals surface area contributed by atoms with Crippen LogP contribution < -0.4 is 0 Å². The predicted octanol–water partition coefficient (Wildman–Crippen LogP) is 2.10. The fourth-order valence-corrected chi connectivity index (χ4v) is 1.30. The number of halogens is 3. The van der Waals surface area contributed by atoms with E-state index in [-0.39, 0.29) is 0 Å². The van der Waals surface area contributed by atoms with Crippen molar-refractivity contribution in [1.82, 2.24) is 0 Å². The maximum Gasteiger partial charge on any atom is 0.389 e. The Kier molecular flexibility index (Phi) is 1.90. The SMILES string of the molecule is CC(O)C1(CC(F)(F)F)CC1. The molecule has 0 aromatic heterocycles. The second kappa shape index (κ2) is 2.37. The summed E-state index contributed by atoms with van der Waals surface area (Å²) < 4.78 is 35.5. The molecule has 1 aliphatic carbocycles. The number of hydrogen-bond donors (Lipinski definition) is 1. The fourth-order valence-electron chi connectivity index (χ4n) is 1.30. The van der Waals surface area contributed by atoms with E-state index in [0.29, 0.717) is 12.8 Å². The molecule has 1 aliphatic rings. The highest BCUT2D eigenvalue weighted by molar-refractivity contribution is 4.98. The van der Waals surface area contributed by atoms with Gasteiger partial charge in [0.05, 0.1) is 12.5 Å². The van der Waals surface area contributed by atoms with Crippen molar-refractivity contribution < 1.29 is 18.3 Å². The topological polar surface area (TPSA) is 20.2 Å². The molecular formula is C7H11F3O. The van der Waals surface area contributed by atoms with E-state index in [9.17, 15) is 13.2 Å². The molecule has 1 unspecified atom stereocenters. The second-order valence-electron chi connectivity index (χ2n) is 3.33. The summed E-state index contributed by atoms with van der Waals surface area (Å²) in [5.41, 5.74) is -0.835. The molecule has 1 atom stereocenters. The smallest absolute Gasteiger partial charge is 0.389 e. The van der Waals surface area contributed by atoms with Crippen molar-refractivity contribution in [3.05, 3.63) is 0 Å². The molecule has 0 aromatic carbocycles. The van der Waals surface area contributed by atoms with E-state index in [1.165, 1.54) is 6.92 Å². The number of aliphatic hydroxyl groups excluding tert-OH is 1. The number of aliphatic hydroxyl groups is 1. The number of hydrogen-bond acceptors (Lipinski definition) is 1. The Hall–Kier alpha value is -0.250. The van der Waals surface area contributed by atoms with Crippen LogP contribution >= 0.6 is 0 Å². The van der Waals surface area contributed by atoms with E-state index in [1.54, 1.807) is 0 Å². The average molecular weight is 168 g/mol. The van der Waals surface area contributed by atoms with Crippen molar-refractivity contribution in [3.63, 3.8) is 0 Å². The lowest BCUT2D eigenvalue weighted by Crippen LogP contribution is -2.25. The molecule has 0 radical (unpaired) electrons. The molecule has 0 amide bonds. The van der Waals surface area contributed by atoms with Crippen molar-refractivity contribution >= 4 is 0 Å². The van der Waals surface area contributed by atoms with E-state index in [2.05, 4.69) is 0 Å². The van der Waals surface area contributed by atoms with Gasteiger partial charge in [-0.3, -0.25) is 0 Å². The second-order valence-corrected chi connectivity index (χ2v) is 3.33. The minimum Gasteiger partial charge on any atom is -0.393 e. The first-order valence-electron chi connectivity index (χ1n) is 3.61. The summed E-state index contributed by atoms with van der Waals surface area (Å²) in [6.45, 7) is 1.43. The van der Waals surface area contributed by atoms with Crippen LogP contribution in [0.4, 0.5) is 13.2 Å². The lowest BCUT2D eigenvalue weighted by atomic mass is 9.96. The zero-order valence-corrected chi connectivity index (χ0v) is 6.28. The van der Waals surface area contributed by atoms with Gasteiger partial charge in [0.1, 0.15) is 0 Å². The molecule has 1 N–H and O–H groups in total. The van der Waals surface area contributed by atoms with Gasteiger partial charge in [-0.15, -0.1) is 0 Å². The Morgan fingerprint density at radius 3 is 2.00 bits per heavy atom. The molecule has 11 heavy (non-hydrogen) atoms. The summed E-state index contributed by atoms with van der Waals surface area (Å²) in [7, 11) is 0. The lowest BCUT2D eigenvalue weighted by Gasteiger charge is -2.19. The van der Waals surface area contributed by atoms with E-state index < -0.39 is 24.1 Å². The van der Waals surface area contributed by atoms with Gasteiger partial charge in [-0.1, -0.05) is 0 Å². The Labute approximate surface area is 63.2 Å². The van der Waals surface area contributed by atoms with E-state index in [0.717, 1.165) is 0 Å². The summed E-state index contributed by atoms with van der Waals surface area (Å²) in [6, 6.07) is 0. The molecule has 1 nitrogen and oxygen atoms in total. The van der Waals surface area contributed by atoms with Crippen LogP contribution in [0.5, 0.6) is 0 Å². The molecule has 0 bridgehead atoms. The molecule has 0 heterocycles.